The van der Waals surface area contributed by atoms with Crippen LogP contribution in [0.3, 0.4) is 0 Å². The van der Waals surface area contributed by atoms with Crippen LogP contribution < -0.4 is 19.3 Å². The quantitative estimate of drug-likeness (QED) is 0.770. The summed E-state index contributed by atoms with van der Waals surface area (Å²) in [4.78, 5) is 3.35. The van der Waals surface area contributed by atoms with Crippen LogP contribution in [0.25, 0.3) is 0 Å². The van der Waals surface area contributed by atoms with E-state index >= 15 is 0 Å². The summed E-state index contributed by atoms with van der Waals surface area (Å²) >= 11 is 0. The molecule has 25 heavy (non-hydrogen) atoms. The van der Waals surface area contributed by atoms with Gasteiger partial charge in [0.05, 0.1) is 13.7 Å². The Morgan fingerprint density at radius 1 is 0.800 bits per heavy atom. The van der Waals surface area contributed by atoms with Gasteiger partial charge in [0.1, 0.15) is 39.3 Å². The highest BCUT2D eigenvalue weighted by Crippen LogP contribution is 2.27. The van der Waals surface area contributed by atoms with Crippen molar-refractivity contribution in [2.75, 3.05) is 39.9 Å². The molecule has 0 aromatic heterocycles. The van der Waals surface area contributed by atoms with Gasteiger partial charge < -0.3 is 19.3 Å². The van der Waals surface area contributed by atoms with Crippen LogP contribution in [0.1, 0.15) is 18.1 Å². The van der Waals surface area contributed by atoms with Gasteiger partial charge in [-0.3, -0.25) is 0 Å². The summed E-state index contributed by atoms with van der Waals surface area (Å²) in [7, 11) is 1.69. The number of rotatable bonds is 7. The molecule has 1 fully saturated rings. The third kappa shape index (κ3) is 4.97. The van der Waals surface area contributed by atoms with E-state index in [2.05, 4.69) is 42.5 Å². The van der Waals surface area contributed by atoms with Gasteiger partial charge in [-0.2, -0.15) is 0 Å². The molecule has 0 saturated carbocycles. The number of hydrogen-bond donors (Lipinski definition) is 2. The van der Waals surface area contributed by atoms with Crippen LogP contribution in [0.2, 0.25) is 0 Å². The van der Waals surface area contributed by atoms with E-state index in [0.717, 1.165) is 24.6 Å². The van der Waals surface area contributed by atoms with Gasteiger partial charge in [0.15, 0.2) is 11.5 Å². The minimum Gasteiger partial charge on any atom is -0.493 e. The number of quaternary nitrogens is 2. The fraction of sp³-hybridized carbons (Fsp3) is 0.429. The van der Waals surface area contributed by atoms with Crippen molar-refractivity contribution in [3.8, 4) is 11.5 Å². The monoisotopic (exact) mass is 342 g/mol. The molecule has 0 aliphatic carbocycles. The van der Waals surface area contributed by atoms with E-state index in [0.29, 0.717) is 6.61 Å². The second-order valence-corrected chi connectivity index (χ2v) is 6.76. The Kier molecular flexibility index (Phi) is 6.31. The maximum absolute atomic E-state index is 5.70. The number of piperazine rings is 1. The first-order chi connectivity index (χ1) is 12.3. The standard InChI is InChI=1S/C21H28N2O2/c1-3-25-21-15-19(9-10-20(21)24-2)17-23-13-11-22(12-14-23)16-18-7-5-4-6-8-18/h4-10,15H,3,11-14,16-17H2,1-2H3/p+2. The highest BCUT2D eigenvalue weighted by atomic mass is 16.5. The molecular formula is C21H30N2O2+2. The summed E-state index contributed by atoms with van der Waals surface area (Å²) in [6.07, 6.45) is 0. The molecule has 3 rings (SSSR count). The van der Waals surface area contributed by atoms with E-state index in [1.807, 2.05) is 13.0 Å². The normalized spacial score (nSPS) is 20.2. The number of benzene rings is 2. The Morgan fingerprint density at radius 3 is 2.04 bits per heavy atom. The third-order valence-electron chi connectivity index (χ3n) is 4.94. The lowest BCUT2D eigenvalue weighted by atomic mass is 10.1. The average Bonchev–Trinajstić information content (AvgIpc) is 2.65. The van der Waals surface area contributed by atoms with Crippen molar-refractivity contribution in [2.24, 2.45) is 0 Å². The molecule has 0 atom stereocenters. The van der Waals surface area contributed by atoms with Crippen molar-refractivity contribution in [1.29, 1.82) is 0 Å². The molecule has 4 nitrogen and oxygen atoms in total. The molecule has 134 valence electrons. The zero-order valence-corrected chi connectivity index (χ0v) is 15.4. The zero-order chi connectivity index (χ0) is 17.5. The van der Waals surface area contributed by atoms with E-state index in [4.69, 9.17) is 9.47 Å². The van der Waals surface area contributed by atoms with Gasteiger partial charge in [0, 0.05) is 11.1 Å². The van der Waals surface area contributed by atoms with Crippen LogP contribution in [0, 0.1) is 0 Å². The molecule has 2 aromatic carbocycles. The molecule has 0 spiro atoms. The second kappa shape index (κ2) is 8.88. The first kappa shape index (κ1) is 17.8. The largest absolute Gasteiger partial charge is 0.493 e. The van der Waals surface area contributed by atoms with Crippen LogP contribution in [-0.4, -0.2) is 39.9 Å². The summed E-state index contributed by atoms with van der Waals surface area (Å²) in [5, 5.41) is 0. The van der Waals surface area contributed by atoms with E-state index < -0.39 is 0 Å². The lowest BCUT2D eigenvalue weighted by Crippen LogP contribution is -3.27. The molecule has 1 saturated heterocycles. The number of methoxy groups -OCH3 is 1. The number of nitrogens with one attached hydrogen (secondary N) is 2. The Hall–Kier alpha value is -2.04. The topological polar surface area (TPSA) is 27.3 Å². The zero-order valence-electron chi connectivity index (χ0n) is 15.4. The molecule has 1 aliphatic heterocycles. The van der Waals surface area contributed by atoms with Crippen molar-refractivity contribution in [3.05, 3.63) is 59.7 Å². The van der Waals surface area contributed by atoms with Crippen molar-refractivity contribution >= 4 is 0 Å². The molecule has 2 aromatic rings. The lowest BCUT2D eigenvalue weighted by molar-refractivity contribution is -1.02. The van der Waals surface area contributed by atoms with Crippen molar-refractivity contribution in [1.82, 2.24) is 0 Å². The van der Waals surface area contributed by atoms with E-state index in [9.17, 15) is 0 Å². The summed E-state index contributed by atoms with van der Waals surface area (Å²) in [6.45, 7) is 9.78. The van der Waals surface area contributed by atoms with Crippen LogP contribution in [0.4, 0.5) is 0 Å². The molecule has 1 aliphatic rings. The van der Waals surface area contributed by atoms with E-state index in [1.165, 1.54) is 37.3 Å². The first-order valence-corrected chi connectivity index (χ1v) is 9.29. The molecule has 0 bridgehead atoms. The van der Waals surface area contributed by atoms with Gasteiger partial charge in [0.25, 0.3) is 0 Å². The van der Waals surface area contributed by atoms with Crippen LogP contribution in [0.5, 0.6) is 11.5 Å². The number of hydrogen-bond acceptors (Lipinski definition) is 2. The summed E-state index contributed by atoms with van der Waals surface area (Å²) < 4.78 is 11.1. The summed E-state index contributed by atoms with van der Waals surface area (Å²) in [6, 6.07) is 17.2. The van der Waals surface area contributed by atoms with Crippen LogP contribution >= 0.6 is 0 Å². The molecule has 1 heterocycles. The lowest BCUT2D eigenvalue weighted by Gasteiger charge is -2.30. The Labute approximate surface area is 151 Å². The SMILES string of the molecule is CCOc1cc(C[NH+]2CC[NH+](Cc3ccccc3)CC2)ccc1OC. The molecule has 2 N–H and O–H groups in total. The maximum atomic E-state index is 5.70. The molecular weight excluding hydrogens is 312 g/mol. The Balaban J connectivity index is 1.52. The van der Waals surface area contributed by atoms with E-state index in [1.54, 1.807) is 16.9 Å². The van der Waals surface area contributed by atoms with Crippen LogP contribution in [0.15, 0.2) is 48.5 Å². The third-order valence-corrected chi connectivity index (χ3v) is 4.94. The van der Waals surface area contributed by atoms with Gasteiger partial charge >= 0.3 is 0 Å². The summed E-state index contributed by atoms with van der Waals surface area (Å²) in [5.41, 5.74) is 2.77. The number of ether oxygens (including phenoxy) is 2. The van der Waals surface area contributed by atoms with E-state index in [-0.39, 0.29) is 0 Å². The van der Waals surface area contributed by atoms with Gasteiger partial charge in [-0.05, 0) is 25.1 Å². The average molecular weight is 342 g/mol. The van der Waals surface area contributed by atoms with Gasteiger partial charge in [-0.25, -0.2) is 0 Å². The minimum atomic E-state index is 0.661. The molecule has 0 amide bonds. The predicted octanol–water partition coefficient (Wildman–Crippen LogP) is 0.578. The van der Waals surface area contributed by atoms with Gasteiger partial charge in [0.2, 0.25) is 0 Å². The van der Waals surface area contributed by atoms with Crippen LogP contribution in [-0.2, 0) is 13.1 Å². The molecule has 0 unspecified atom stereocenters. The van der Waals surface area contributed by atoms with Crippen molar-refractivity contribution in [2.45, 2.75) is 20.0 Å². The predicted molar refractivity (Wildman–Crippen MR) is 99.4 cm³/mol. The van der Waals surface area contributed by atoms with Gasteiger partial charge in [-0.15, -0.1) is 0 Å². The smallest absolute Gasteiger partial charge is 0.161 e. The van der Waals surface area contributed by atoms with Crippen molar-refractivity contribution in [3.63, 3.8) is 0 Å². The molecule has 0 radical (unpaired) electrons. The summed E-state index contributed by atoms with van der Waals surface area (Å²) in [5.74, 6) is 1.67. The maximum Gasteiger partial charge on any atom is 0.161 e. The Morgan fingerprint density at radius 2 is 1.44 bits per heavy atom. The Bertz CT molecular complexity index is 652. The highest BCUT2D eigenvalue weighted by molar-refractivity contribution is 5.42. The van der Waals surface area contributed by atoms with Crippen molar-refractivity contribution < 1.29 is 19.3 Å². The first-order valence-electron chi connectivity index (χ1n) is 9.29. The fourth-order valence-electron chi connectivity index (χ4n) is 3.58. The highest BCUT2D eigenvalue weighted by Gasteiger charge is 2.23. The minimum absolute atomic E-state index is 0.661. The second-order valence-electron chi connectivity index (χ2n) is 6.76. The van der Waals surface area contributed by atoms with Gasteiger partial charge in [-0.1, -0.05) is 30.3 Å². The fourth-order valence-corrected chi connectivity index (χ4v) is 3.58. The molecule has 4 heteroatoms.